The van der Waals surface area contributed by atoms with Crippen molar-refractivity contribution in [2.45, 2.75) is 126 Å². The third kappa shape index (κ3) is 36.0. The number of nitrogens with one attached hydrogen (secondary N) is 3. The van der Waals surface area contributed by atoms with Crippen molar-refractivity contribution in [3.8, 4) is 48.4 Å². The number of aliphatic hydroxyl groups excluding tert-OH is 3. The molecule has 0 unspecified atom stereocenters. The minimum atomic E-state index is -0.300. The van der Waals surface area contributed by atoms with Gasteiger partial charge < -0.3 is 26.8 Å². The average Bonchev–Trinajstić information content (AvgIpc) is 1.64. The van der Waals surface area contributed by atoms with E-state index in [9.17, 15) is 28.8 Å². The van der Waals surface area contributed by atoms with Gasteiger partial charge in [0.25, 0.3) is 35.4 Å². The summed E-state index contributed by atoms with van der Waals surface area (Å²) in [4.78, 5) is 73.9. The summed E-state index contributed by atoms with van der Waals surface area (Å²) in [6.45, 7) is 14.9. The van der Waals surface area contributed by atoms with Crippen molar-refractivity contribution in [3.05, 3.63) is 423 Å². The van der Waals surface area contributed by atoms with Crippen molar-refractivity contribution in [1.29, 1.82) is 11.1 Å². The number of aliphatic hydroxyl groups is 3. The highest BCUT2D eigenvalue weighted by Gasteiger charge is 2.36. The minimum absolute atomic E-state index is 0. The van der Waals surface area contributed by atoms with Crippen LogP contribution >= 0.6 is 22.6 Å². The molecule has 0 saturated carbocycles. The summed E-state index contributed by atoms with van der Waals surface area (Å²) < 4.78 is 1.34. The lowest BCUT2D eigenvalue weighted by molar-refractivity contribution is 0.0637. The lowest BCUT2D eigenvalue weighted by Gasteiger charge is -2.13. The van der Waals surface area contributed by atoms with Crippen LogP contribution in [-0.2, 0) is 44.9 Å². The maximum atomic E-state index is 12.4. The maximum Gasteiger partial charge on any atom is 0.261 e. The first-order chi connectivity index (χ1) is 62.2. The number of hydrogen-bond donors (Lipinski definition) is 8. The van der Waals surface area contributed by atoms with Gasteiger partial charge in [-0.2, -0.15) is 0 Å². The third-order valence-electron chi connectivity index (χ3n) is 20.1. The molecular formula is C112H122IN7O9. The Bertz CT molecular complexity index is 5700. The molecule has 16 nitrogen and oxygen atoms in total. The largest absolute Gasteiger partial charge is 0.397 e. The van der Waals surface area contributed by atoms with E-state index < -0.39 is 0 Å². The van der Waals surface area contributed by atoms with Gasteiger partial charge in [0.15, 0.2) is 0 Å². The van der Waals surface area contributed by atoms with Crippen LogP contribution in [0.2, 0.25) is 0 Å². The summed E-state index contributed by atoms with van der Waals surface area (Å²) in [6.07, 6.45) is 21.8. The molecular weight excluding hydrogens is 1710 g/mol. The Morgan fingerprint density at radius 1 is 0.349 bits per heavy atom. The van der Waals surface area contributed by atoms with Gasteiger partial charge in [-0.1, -0.05) is 231 Å². The van der Waals surface area contributed by atoms with Crippen molar-refractivity contribution in [3.63, 3.8) is 0 Å². The van der Waals surface area contributed by atoms with Crippen molar-refractivity contribution in [1.82, 2.24) is 15.1 Å². The molecule has 129 heavy (non-hydrogen) atoms. The highest BCUT2D eigenvalue weighted by atomic mass is 127. The van der Waals surface area contributed by atoms with Crippen molar-refractivity contribution in [2.24, 2.45) is 11.5 Å². The van der Waals surface area contributed by atoms with E-state index in [-0.39, 0.29) is 64.1 Å². The molecule has 17 heteroatoms. The number of hydrogen-bond acceptors (Lipinski definition) is 13. The molecule has 12 aromatic carbocycles. The molecule has 10 N–H and O–H groups in total. The molecule has 12 aromatic rings. The molecule has 0 aliphatic carbocycles. The monoisotopic (exact) mass is 1840 g/mol. The summed E-state index contributed by atoms with van der Waals surface area (Å²) in [5.41, 5.74) is 44.2. The molecule has 15 rings (SSSR count). The standard InChI is InChI=1S/C26H21NO2.C19H15NO2.C18H23N.C18H19N.C11H12O.C8H5NO2.C7H7I.2C2H6O.CH4.H2N2.H2/c1-19-8-2-3-12-22(19)16-15-21-10-6-9-20(18-21)11-7-17-27-25(28)23-13-4-5-14-24(23)26(27)29;1-2-14-7-5-8-15(13-14)9-6-12-20-18(21)16-10-3-4-11-17(16)19(20)22;2*1-15-6-2-3-10-18(15)12-11-17-8-4-7-16(14-17)9-5-13-19;1-2-10-5-3-6-11(9-10)7-4-8-12;10-7-5-3-1-2-4-6(5)8(11)9-7;1-6-4-2-3-5-7(6)8;2*1-2-3;;1-2;/h2-6,8-10,12-14,18H,7,11,17H2,1H3;1,3-5,7-8,10-11,13H,6,9,12H2;2-4,6-8,10,14H,5,9,11-13,19H2,1H3;2-4,6-8,10,14H,5,9,13,19H2,1H3;1,3,5-6,9,12H,4,7-8H2;1-4H,(H,9,10,11);2-5H,1H3;2*3H,2H2,1H3;1H4;1-2H;1H. The van der Waals surface area contributed by atoms with Gasteiger partial charge in [0.05, 0.1) is 33.4 Å². The van der Waals surface area contributed by atoms with Gasteiger partial charge in [-0.25, -0.2) is 11.1 Å². The van der Waals surface area contributed by atoms with E-state index in [2.05, 4.69) is 219 Å². The van der Waals surface area contributed by atoms with E-state index >= 15 is 0 Å². The van der Waals surface area contributed by atoms with Gasteiger partial charge in [-0.05, 0) is 319 Å². The molecule has 0 radical (unpaired) electrons. The Balaban J connectivity index is 0.000000321. The van der Waals surface area contributed by atoms with Crippen LogP contribution in [0.15, 0.2) is 291 Å². The molecule has 0 spiro atoms. The first-order valence-corrected chi connectivity index (χ1v) is 43.9. The molecule has 6 amide bonds. The third-order valence-corrected chi connectivity index (χ3v) is 21.3. The zero-order valence-electron chi connectivity index (χ0n) is 74.0. The fourth-order valence-corrected chi connectivity index (χ4v) is 13.8. The van der Waals surface area contributed by atoms with E-state index in [0.717, 1.165) is 140 Å². The number of carbonyl (C=O) groups excluding carboxylic acids is 6. The number of carbonyl (C=O) groups is 6. The van der Waals surface area contributed by atoms with Crippen LogP contribution in [0, 0.1) is 90.7 Å². The minimum Gasteiger partial charge on any atom is -0.397 e. The Morgan fingerprint density at radius 2 is 0.643 bits per heavy atom. The van der Waals surface area contributed by atoms with Gasteiger partial charge in [0.1, 0.15) is 0 Å². The van der Waals surface area contributed by atoms with E-state index in [1.54, 1.807) is 86.6 Å². The molecule has 0 aromatic heterocycles. The molecule has 3 aliphatic rings. The quantitative estimate of drug-likeness (QED) is 0.0154. The van der Waals surface area contributed by atoms with Crippen molar-refractivity contribution < 1.29 is 45.5 Å². The normalized spacial score (nSPS) is 11.1. The fraction of sp³-hybridized carbons (Fsp3) is 0.232. The Morgan fingerprint density at radius 3 is 0.984 bits per heavy atom. The zero-order valence-corrected chi connectivity index (χ0v) is 76.2. The van der Waals surface area contributed by atoms with Crippen LogP contribution < -0.4 is 16.8 Å². The first-order valence-electron chi connectivity index (χ1n) is 42.8. The number of benzene rings is 12. The summed E-state index contributed by atoms with van der Waals surface area (Å²) in [6, 6.07) is 95.0. The average molecular weight is 1840 g/mol. The number of rotatable bonds is 20. The van der Waals surface area contributed by atoms with Gasteiger partial charge in [0.2, 0.25) is 0 Å². The number of fused-ring (bicyclic) bond motifs is 3. The second kappa shape index (κ2) is 60.2. The van der Waals surface area contributed by atoms with Crippen molar-refractivity contribution >= 4 is 58.0 Å². The highest BCUT2D eigenvalue weighted by molar-refractivity contribution is 14.1. The number of terminal acetylenes is 2. The molecule has 666 valence electrons. The number of imide groups is 3. The fourth-order valence-electron chi connectivity index (χ4n) is 13.4. The van der Waals surface area contributed by atoms with Crippen LogP contribution in [0.5, 0.6) is 0 Å². The number of halogens is 1. The molecule has 0 bridgehead atoms. The summed E-state index contributed by atoms with van der Waals surface area (Å²) in [5, 5.41) is 26.0. The van der Waals surface area contributed by atoms with E-state index in [0.29, 0.717) is 46.5 Å². The maximum absolute atomic E-state index is 12.4. The second-order valence-electron chi connectivity index (χ2n) is 29.6. The SMILES string of the molecule is C.C#Cc1cccc(CCCN2C(=O)c3ccccc3C2=O)c1.C#Cc1cccc(CCCO)c1.CCO.CCO.Cc1ccccc1C#Cc1cccc(CCCN)c1.Cc1ccccc1C#Cc1cccc(CCCN2C(=O)c3ccccc3C2=O)c1.Cc1ccccc1CCc1cccc(CCCN)c1.Cc1ccccc1I.N=N.O=C1NC(=O)c2ccccc21.[HH]. The lowest BCUT2D eigenvalue weighted by atomic mass is 9.99. The van der Waals surface area contributed by atoms with Gasteiger partial charge in [-0.3, -0.25) is 43.9 Å². The molecule has 3 aliphatic heterocycles. The highest BCUT2D eigenvalue weighted by Crippen LogP contribution is 2.26. The topological polar surface area (TPSA) is 281 Å². The number of nitrogens with zero attached hydrogens (tertiary/aromatic N) is 2. The molecule has 3 heterocycles. The van der Waals surface area contributed by atoms with E-state index in [1.807, 2.05) is 91.0 Å². The van der Waals surface area contributed by atoms with E-state index in [1.165, 1.54) is 57.9 Å². The molecule has 0 atom stereocenters. The predicted octanol–water partition coefficient (Wildman–Crippen LogP) is 20.7. The summed E-state index contributed by atoms with van der Waals surface area (Å²) in [7, 11) is 0. The number of nitrogens with two attached hydrogens (primary N) is 2. The first kappa shape index (κ1) is 106. The number of aryl methyl sites for hydroxylation is 11. The van der Waals surface area contributed by atoms with Crippen LogP contribution in [0.4, 0.5) is 0 Å². The zero-order chi connectivity index (χ0) is 92.8. The Hall–Kier alpha value is -13.6. The summed E-state index contributed by atoms with van der Waals surface area (Å²) in [5.74, 6) is 16.7. The molecule has 0 fully saturated rings. The Kier molecular flexibility index (Phi) is 49.4. The second-order valence-corrected chi connectivity index (χ2v) is 30.8. The number of amides is 6. The van der Waals surface area contributed by atoms with Gasteiger partial charge >= 0.3 is 0 Å². The van der Waals surface area contributed by atoms with Gasteiger partial charge in [-0.15, -0.1) is 12.8 Å². The molecule has 0 saturated heterocycles. The van der Waals surface area contributed by atoms with Crippen LogP contribution in [0.1, 0.15) is 212 Å². The van der Waals surface area contributed by atoms with E-state index in [4.69, 9.17) is 50.7 Å². The van der Waals surface area contributed by atoms with Gasteiger partial charge in [0, 0.05) is 71.3 Å². The van der Waals surface area contributed by atoms with Crippen LogP contribution in [0.25, 0.3) is 0 Å². The lowest BCUT2D eigenvalue weighted by Crippen LogP contribution is -2.30. The van der Waals surface area contributed by atoms with Crippen LogP contribution in [-0.4, -0.2) is 107 Å². The smallest absolute Gasteiger partial charge is 0.261 e. The Labute approximate surface area is 779 Å². The van der Waals surface area contributed by atoms with Crippen LogP contribution in [0.3, 0.4) is 0 Å². The predicted molar refractivity (Wildman–Crippen MR) is 533 cm³/mol. The summed E-state index contributed by atoms with van der Waals surface area (Å²) >= 11 is 2.32. The van der Waals surface area contributed by atoms with Crippen molar-refractivity contribution in [2.75, 3.05) is 46.0 Å².